The standard InChI is InChI=1S/C14H15ClFNS/c1-8-6-12(10(3)18-8)9(2)17-11-4-5-14(16)13(15)7-11/h4-7,9,17H,1-3H3. The Morgan fingerprint density at radius 3 is 2.56 bits per heavy atom. The SMILES string of the molecule is Cc1cc(C(C)Nc2ccc(F)c(Cl)c2)c(C)s1. The van der Waals surface area contributed by atoms with Crippen molar-refractivity contribution in [3.05, 3.63) is 50.4 Å². The summed E-state index contributed by atoms with van der Waals surface area (Å²) in [4.78, 5) is 2.61. The van der Waals surface area contributed by atoms with Crippen molar-refractivity contribution in [3.63, 3.8) is 0 Å². The second-order valence-corrected chi connectivity index (χ2v) is 6.23. The largest absolute Gasteiger partial charge is 0.378 e. The van der Waals surface area contributed by atoms with E-state index in [9.17, 15) is 4.39 Å². The van der Waals surface area contributed by atoms with E-state index < -0.39 is 5.82 Å². The van der Waals surface area contributed by atoms with Crippen molar-refractivity contribution in [2.24, 2.45) is 0 Å². The molecule has 1 atom stereocenters. The summed E-state index contributed by atoms with van der Waals surface area (Å²) in [6.45, 7) is 6.30. The Bertz CT molecular complexity index is 565. The van der Waals surface area contributed by atoms with Crippen molar-refractivity contribution >= 4 is 28.6 Å². The van der Waals surface area contributed by atoms with Crippen molar-refractivity contribution in [2.75, 3.05) is 5.32 Å². The lowest BCUT2D eigenvalue weighted by atomic mass is 10.1. The molecule has 0 saturated carbocycles. The fourth-order valence-corrected chi connectivity index (χ4v) is 3.20. The molecule has 0 radical (unpaired) electrons. The van der Waals surface area contributed by atoms with E-state index in [-0.39, 0.29) is 11.1 Å². The lowest BCUT2D eigenvalue weighted by Crippen LogP contribution is -2.06. The van der Waals surface area contributed by atoms with Gasteiger partial charge in [0, 0.05) is 21.5 Å². The summed E-state index contributed by atoms with van der Waals surface area (Å²) in [7, 11) is 0. The Kier molecular flexibility index (Phi) is 3.93. The highest BCUT2D eigenvalue weighted by molar-refractivity contribution is 7.12. The van der Waals surface area contributed by atoms with E-state index in [0.29, 0.717) is 0 Å². The highest BCUT2D eigenvalue weighted by Gasteiger charge is 2.11. The molecule has 0 aliphatic carbocycles. The van der Waals surface area contributed by atoms with Crippen LogP contribution < -0.4 is 5.32 Å². The molecule has 1 unspecified atom stereocenters. The fraction of sp³-hybridized carbons (Fsp3) is 0.286. The molecule has 0 saturated heterocycles. The van der Waals surface area contributed by atoms with Gasteiger partial charge in [-0.15, -0.1) is 11.3 Å². The third kappa shape index (κ3) is 2.85. The first-order chi connectivity index (χ1) is 8.47. The minimum absolute atomic E-state index is 0.144. The van der Waals surface area contributed by atoms with Gasteiger partial charge in [0.25, 0.3) is 0 Å². The van der Waals surface area contributed by atoms with Gasteiger partial charge in [0.1, 0.15) is 5.82 Å². The number of anilines is 1. The molecule has 4 heteroatoms. The van der Waals surface area contributed by atoms with Gasteiger partial charge < -0.3 is 5.32 Å². The number of hydrogen-bond donors (Lipinski definition) is 1. The summed E-state index contributed by atoms with van der Waals surface area (Å²) in [6.07, 6.45) is 0. The van der Waals surface area contributed by atoms with E-state index in [1.807, 2.05) is 0 Å². The average Bonchev–Trinajstić information content (AvgIpc) is 2.63. The predicted molar refractivity (Wildman–Crippen MR) is 77.2 cm³/mol. The number of hydrogen-bond acceptors (Lipinski definition) is 2. The van der Waals surface area contributed by atoms with Gasteiger partial charge >= 0.3 is 0 Å². The fourth-order valence-electron chi connectivity index (χ4n) is 1.99. The van der Waals surface area contributed by atoms with E-state index in [1.165, 1.54) is 21.4 Å². The summed E-state index contributed by atoms with van der Waals surface area (Å²) < 4.78 is 13.1. The Balaban J connectivity index is 2.18. The van der Waals surface area contributed by atoms with Crippen molar-refractivity contribution in [3.8, 4) is 0 Å². The number of nitrogens with one attached hydrogen (secondary N) is 1. The molecule has 0 amide bonds. The highest BCUT2D eigenvalue weighted by atomic mass is 35.5. The van der Waals surface area contributed by atoms with Crippen LogP contribution in [-0.2, 0) is 0 Å². The van der Waals surface area contributed by atoms with E-state index >= 15 is 0 Å². The molecule has 1 nitrogen and oxygen atoms in total. The molecule has 96 valence electrons. The van der Waals surface area contributed by atoms with Crippen LogP contribution in [0.4, 0.5) is 10.1 Å². The van der Waals surface area contributed by atoms with Gasteiger partial charge in [0.05, 0.1) is 5.02 Å². The van der Waals surface area contributed by atoms with E-state index in [2.05, 4.69) is 32.2 Å². The molecule has 0 fully saturated rings. The Morgan fingerprint density at radius 2 is 2.00 bits per heavy atom. The maximum Gasteiger partial charge on any atom is 0.141 e. The summed E-state index contributed by atoms with van der Waals surface area (Å²) in [5.74, 6) is -0.391. The second-order valence-electron chi connectivity index (χ2n) is 4.36. The first-order valence-electron chi connectivity index (χ1n) is 5.76. The number of rotatable bonds is 3. The lowest BCUT2D eigenvalue weighted by Gasteiger charge is -2.15. The summed E-state index contributed by atoms with van der Waals surface area (Å²) in [6, 6.07) is 7.05. The monoisotopic (exact) mass is 283 g/mol. The average molecular weight is 284 g/mol. The summed E-state index contributed by atoms with van der Waals surface area (Å²) >= 11 is 7.55. The number of benzene rings is 1. The lowest BCUT2D eigenvalue weighted by molar-refractivity contribution is 0.628. The van der Waals surface area contributed by atoms with Crippen LogP contribution in [-0.4, -0.2) is 0 Å². The minimum atomic E-state index is -0.391. The zero-order chi connectivity index (χ0) is 13.3. The molecule has 0 aliphatic rings. The number of halogens is 2. The molecule has 0 aliphatic heterocycles. The maximum atomic E-state index is 13.1. The van der Waals surface area contributed by atoms with Crippen molar-refractivity contribution in [2.45, 2.75) is 26.8 Å². The third-order valence-electron chi connectivity index (χ3n) is 2.85. The molecular formula is C14H15ClFNS. The van der Waals surface area contributed by atoms with Crippen LogP contribution in [0.5, 0.6) is 0 Å². The van der Waals surface area contributed by atoms with Gasteiger partial charge in [0.2, 0.25) is 0 Å². The van der Waals surface area contributed by atoms with Crippen LogP contribution in [0, 0.1) is 19.7 Å². The molecule has 1 aromatic heterocycles. The van der Waals surface area contributed by atoms with Gasteiger partial charge in [0.15, 0.2) is 0 Å². The normalized spacial score (nSPS) is 12.5. The van der Waals surface area contributed by atoms with Crippen molar-refractivity contribution in [1.82, 2.24) is 0 Å². The zero-order valence-electron chi connectivity index (χ0n) is 10.6. The van der Waals surface area contributed by atoms with E-state index in [4.69, 9.17) is 11.6 Å². The van der Waals surface area contributed by atoms with Crippen LogP contribution in [0.2, 0.25) is 5.02 Å². The minimum Gasteiger partial charge on any atom is -0.378 e. The Morgan fingerprint density at radius 1 is 1.28 bits per heavy atom. The molecule has 2 aromatic rings. The molecule has 1 N–H and O–H groups in total. The van der Waals surface area contributed by atoms with Gasteiger partial charge in [-0.3, -0.25) is 0 Å². The number of aryl methyl sites for hydroxylation is 2. The van der Waals surface area contributed by atoms with Crippen LogP contribution in [0.25, 0.3) is 0 Å². The van der Waals surface area contributed by atoms with Crippen molar-refractivity contribution in [1.29, 1.82) is 0 Å². The predicted octanol–water partition coefficient (Wildman–Crippen LogP) is 5.33. The molecule has 1 aromatic carbocycles. The first kappa shape index (κ1) is 13.4. The zero-order valence-corrected chi connectivity index (χ0v) is 12.1. The Hall–Kier alpha value is -1.06. The van der Waals surface area contributed by atoms with Crippen LogP contribution >= 0.6 is 22.9 Å². The smallest absolute Gasteiger partial charge is 0.141 e. The van der Waals surface area contributed by atoms with Crippen LogP contribution in [0.3, 0.4) is 0 Å². The van der Waals surface area contributed by atoms with Gasteiger partial charge in [-0.1, -0.05) is 11.6 Å². The summed E-state index contributed by atoms with van der Waals surface area (Å²) in [5.41, 5.74) is 2.11. The van der Waals surface area contributed by atoms with Crippen molar-refractivity contribution < 1.29 is 4.39 Å². The number of thiophene rings is 1. The molecule has 1 heterocycles. The quantitative estimate of drug-likeness (QED) is 0.803. The third-order valence-corrected chi connectivity index (χ3v) is 4.12. The van der Waals surface area contributed by atoms with Crippen LogP contribution in [0.1, 0.15) is 28.3 Å². The topological polar surface area (TPSA) is 12.0 Å². The van der Waals surface area contributed by atoms with Gasteiger partial charge in [-0.2, -0.15) is 0 Å². The van der Waals surface area contributed by atoms with Gasteiger partial charge in [-0.05, 0) is 50.6 Å². The van der Waals surface area contributed by atoms with E-state index in [1.54, 1.807) is 23.5 Å². The molecular weight excluding hydrogens is 269 g/mol. The summed E-state index contributed by atoms with van der Waals surface area (Å²) in [5, 5.41) is 3.48. The molecule has 2 rings (SSSR count). The highest BCUT2D eigenvalue weighted by Crippen LogP contribution is 2.29. The second kappa shape index (κ2) is 5.29. The Labute approximate surface area is 116 Å². The molecule has 0 spiro atoms. The van der Waals surface area contributed by atoms with Crippen LogP contribution in [0.15, 0.2) is 24.3 Å². The van der Waals surface area contributed by atoms with E-state index in [0.717, 1.165) is 5.69 Å². The molecule has 18 heavy (non-hydrogen) atoms. The molecule has 0 bridgehead atoms. The van der Waals surface area contributed by atoms with Gasteiger partial charge in [-0.25, -0.2) is 4.39 Å². The maximum absolute atomic E-state index is 13.1. The first-order valence-corrected chi connectivity index (χ1v) is 6.95.